The lowest BCUT2D eigenvalue weighted by Gasteiger charge is -2.31. The normalized spacial score (nSPS) is 14.1. The third-order valence-corrected chi connectivity index (χ3v) is 4.76. The zero-order chi connectivity index (χ0) is 19.1. The summed E-state index contributed by atoms with van der Waals surface area (Å²) in [4.78, 5) is 26.6. The fourth-order valence-electron chi connectivity index (χ4n) is 3.17. The summed E-state index contributed by atoms with van der Waals surface area (Å²) in [5.74, 6) is 0.694. The Balaban J connectivity index is 0.00000280. The molecule has 0 atom stereocenters. The van der Waals surface area contributed by atoms with Crippen molar-refractivity contribution in [2.24, 2.45) is 5.92 Å². The number of benzene rings is 2. The minimum Gasteiger partial charge on any atom is -0.493 e. The maximum Gasteiger partial charge on any atom is 0.227 e. The fraction of sp³-hybridized carbons (Fsp3) is 0.333. The highest BCUT2D eigenvalue weighted by molar-refractivity contribution is 5.95. The van der Waals surface area contributed by atoms with E-state index in [0.29, 0.717) is 50.3 Å². The second-order valence-corrected chi connectivity index (χ2v) is 6.64. The lowest BCUT2D eigenvalue weighted by molar-refractivity contribution is -0.135. The number of nitrogens with two attached hydrogens (primary N) is 1. The van der Waals surface area contributed by atoms with Crippen molar-refractivity contribution in [3.8, 4) is 5.75 Å². The van der Waals surface area contributed by atoms with Crippen LogP contribution in [-0.2, 0) is 9.59 Å². The Morgan fingerprint density at radius 1 is 1.04 bits per heavy atom. The van der Waals surface area contributed by atoms with Crippen molar-refractivity contribution in [3.05, 3.63) is 54.6 Å². The van der Waals surface area contributed by atoms with Gasteiger partial charge in [0.15, 0.2) is 0 Å². The molecule has 1 fully saturated rings. The maximum atomic E-state index is 12.4. The number of halogens is 1. The summed E-state index contributed by atoms with van der Waals surface area (Å²) in [6.07, 6.45) is 1.65. The number of nitrogens with one attached hydrogen (secondary N) is 1. The molecule has 2 aromatic rings. The first-order valence-electron chi connectivity index (χ1n) is 9.24. The Labute approximate surface area is 171 Å². The molecular formula is C21H26ClN3O3. The lowest BCUT2D eigenvalue weighted by Crippen LogP contribution is -2.41. The molecule has 150 valence electrons. The van der Waals surface area contributed by atoms with Crippen molar-refractivity contribution >= 4 is 35.6 Å². The minimum absolute atomic E-state index is 0. The standard InChI is InChI=1S/C21H25N3O3.ClH/c22-18-8-4-5-9-19(18)23-21(26)16-10-13-24(14-11-16)20(25)12-15-27-17-6-2-1-3-7-17;/h1-9,16H,10-15,22H2,(H,23,26);1H. The number of likely N-dealkylation sites (tertiary alicyclic amines) is 1. The number of hydrogen-bond donors (Lipinski definition) is 2. The number of carbonyl (C=O) groups excluding carboxylic acids is 2. The third kappa shape index (κ3) is 5.89. The summed E-state index contributed by atoms with van der Waals surface area (Å²) in [7, 11) is 0. The van der Waals surface area contributed by atoms with Crippen LogP contribution in [0.3, 0.4) is 0 Å². The van der Waals surface area contributed by atoms with Crippen LogP contribution in [-0.4, -0.2) is 36.4 Å². The molecule has 3 N–H and O–H groups in total. The van der Waals surface area contributed by atoms with Crippen LogP contribution in [0, 0.1) is 5.92 Å². The largest absolute Gasteiger partial charge is 0.493 e. The van der Waals surface area contributed by atoms with Gasteiger partial charge in [0, 0.05) is 19.0 Å². The number of para-hydroxylation sites is 3. The van der Waals surface area contributed by atoms with Crippen LogP contribution < -0.4 is 15.8 Å². The summed E-state index contributed by atoms with van der Waals surface area (Å²) in [5, 5.41) is 2.89. The number of rotatable bonds is 6. The molecule has 2 aromatic carbocycles. The van der Waals surface area contributed by atoms with Gasteiger partial charge >= 0.3 is 0 Å². The fourth-order valence-corrected chi connectivity index (χ4v) is 3.17. The smallest absolute Gasteiger partial charge is 0.227 e. The first-order chi connectivity index (χ1) is 13.1. The van der Waals surface area contributed by atoms with Gasteiger partial charge in [-0.1, -0.05) is 30.3 Å². The van der Waals surface area contributed by atoms with Crippen molar-refractivity contribution in [2.45, 2.75) is 19.3 Å². The van der Waals surface area contributed by atoms with E-state index in [1.54, 1.807) is 12.1 Å². The van der Waals surface area contributed by atoms with Gasteiger partial charge in [-0.3, -0.25) is 9.59 Å². The van der Waals surface area contributed by atoms with Crippen molar-refractivity contribution in [1.29, 1.82) is 0 Å². The second-order valence-electron chi connectivity index (χ2n) is 6.64. The van der Waals surface area contributed by atoms with E-state index in [9.17, 15) is 9.59 Å². The maximum absolute atomic E-state index is 12.4. The molecule has 0 unspecified atom stereocenters. The van der Waals surface area contributed by atoms with E-state index in [1.165, 1.54) is 0 Å². The van der Waals surface area contributed by atoms with E-state index in [2.05, 4.69) is 5.32 Å². The van der Waals surface area contributed by atoms with Gasteiger partial charge in [0.05, 0.1) is 24.4 Å². The van der Waals surface area contributed by atoms with Gasteiger partial charge in [-0.05, 0) is 37.1 Å². The molecule has 1 aliphatic heterocycles. The molecule has 2 amide bonds. The Hall–Kier alpha value is -2.73. The SMILES string of the molecule is Cl.Nc1ccccc1NC(=O)C1CCN(C(=O)CCOc2ccccc2)CC1. The summed E-state index contributed by atoms with van der Waals surface area (Å²) in [6, 6.07) is 16.7. The van der Waals surface area contributed by atoms with Crippen LogP contribution in [0.15, 0.2) is 54.6 Å². The Morgan fingerprint density at radius 3 is 2.36 bits per heavy atom. The Kier molecular flexibility index (Phi) is 8.14. The molecule has 0 saturated carbocycles. The number of anilines is 2. The highest BCUT2D eigenvalue weighted by Gasteiger charge is 2.27. The van der Waals surface area contributed by atoms with E-state index in [0.717, 1.165) is 5.75 Å². The number of ether oxygens (including phenoxy) is 1. The molecule has 0 radical (unpaired) electrons. The van der Waals surface area contributed by atoms with Gasteiger partial charge < -0.3 is 20.7 Å². The Bertz CT molecular complexity index is 777. The van der Waals surface area contributed by atoms with Gasteiger partial charge in [-0.15, -0.1) is 12.4 Å². The number of carbonyl (C=O) groups is 2. The molecule has 28 heavy (non-hydrogen) atoms. The van der Waals surface area contributed by atoms with Crippen LogP contribution in [0.25, 0.3) is 0 Å². The summed E-state index contributed by atoms with van der Waals surface area (Å²) >= 11 is 0. The predicted octanol–water partition coefficient (Wildman–Crippen LogP) is 3.34. The van der Waals surface area contributed by atoms with Crippen molar-refractivity contribution < 1.29 is 14.3 Å². The molecule has 0 aliphatic carbocycles. The number of nitrogens with zero attached hydrogens (tertiary/aromatic N) is 1. The highest BCUT2D eigenvalue weighted by Crippen LogP contribution is 2.22. The van der Waals surface area contributed by atoms with Gasteiger partial charge in [0.1, 0.15) is 5.75 Å². The molecule has 0 spiro atoms. The van der Waals surface area contributed by atoms with Gasteiger partial charge in [-0.2, -0.15) is 0 Å². The molecule has 6 nitrogen and oxygen atoms in total. The van der Waals surface area contributed by atoms with Crippen LogP contribution >= 0.6 is 12.4 Å². The molecule has 0 aromatic heterocycles. The molecule has 7 heteroatoms. The van der Waals surface area contributed by atoms with Crippen molar-refractivity contribution in [2.75, 3.05) is 30.7 Å². The number of piperidine rings is 1. The second kappa shape index (κ2) is 10.6. The Morgan fingerprint density at radius 2 is 1.68 bits per heavy atom. The molecular weight excluding hydrogens is 378 g/mol. The number of amides is 2. The molecule has 1 aliphatic rings. The van der Waals surface area contributed by atoms with Crippen LogP contribution in [0.4, 0.5) is 11.4 Å². The van der Waals surface area contributed by atoms with Crippen LogP contribution in [0.2, 0.25) is 0 Å². The number of nitrogen functional groups attached to an aromatic ring is 1. The quantitative estimate of drug-likeness (QED) is 0.724. The molecule has 1 saturated heterocycles. The first-order valence-corrected chi connectivity index (χ1v) is 9.24. The van der Waals surface area contributed by atoms with Crippen LogP contribution in [0.5, 0.6) is 5.75 Å². The molecule has 3 rings (SSSR count). The van der Waals surface area contributed by atoms with E-state index in [-0.39, 0.29) is 30.1 Å². The average Bonchev–Trinajstić information content (AvgIpc) is 2.70. The monoisotopic (exact) mass is 403 g/mol. The molecule has 0 bridgehead atoms. The van der Waals surface area contributed by atoms with E-state index < -0.39 is 0 Å². The summed E-state index contributed by atoms with van der Waals surface area (Å²) in [6.45, 7) is 1.54. The third-order valence-electron chi connectivity index (χ3n) is 4.76. The van der Waals surface area contributed by atoms with Gasteiger partial charge in [0.2, 0.25) is 11.8 Å². The highest BCUT2D eigenvalue weighted by atomic mass is 35.5. The van der Waals surface area contributed by atoms with Crippen molar-refractivity contribution in [3.63, 3.8) is 0 Å². The first kappa shape index (κ1) is 21.6. The molecule has 1 heterocycles. The van der Waals surface area contributed by atoms with Crippen molar-refractivity contribution in [1.82, 2.24) is 4.90 Å². The van der Waals surface area contributed by atoms with Crippen LogP contribution in [0.1, 0.15) is 19.3 Å². The minimum atomic E-state index is -0.103. The topological polar surface area (TPSA) is 84.7 Å². The van der Waals surface area contributed by atoms with E-state index in [4.69, 9.17) is 10.5 Å². The zero-order valence-electron chi connectivity index (χ0n) is 15.7. The van der Waals surface area contributed by atoms with Gasteiger partial charge in [0.25, 0.3) is 0 Å². The van der Waals surface area contributed by atoms with E-state index >= 15 is 0 Å². The summed E-state index contributed by atoms with van der Waals surface area (Å²) < 4.78 is 5.58. The van der Waals surface area contributed by atoms with E-state index in [1.807, 2.05) is 47.4 Å². The zero-order valence-corrected chi connectivity index (χ0v) is 16.5. The summed E-state index contributed by atoms with van der Waals surface area (Å²) in [5.41, 5.74) is 7.06. The lowest BCUT2D eigenvalue weighted by atomic mass is 9.95. The predicted molar refractivity (Wildman–Crippen MR) is 113 cm³/mol. The van der Waals surface area contributed by atoms with Gasteiger partial charge in [-0.25, -0.2) is 0 Å². The number of hydrogen-bond acceptors (Lipinski definition) is 4. The average molecular weight is 404 g/mol.